The summed E-state index contributed by atoms with van der Waals surface area (Å²) in [5, 5.41) is 10.1. The molecular weight excluding hydrogens is 154 g/mol. The van der Waals surface area contributed by atoms with E-state index in [9.17, 15) is 4.79 Å². The monoisotopic (exact) mass is 167 g/mol. The molecule has 1 fully saturated rings. The first kappa shape index (κ1) is 9.01. The number of carbonyl (C=O) groups excluding carboxylic acids is 1. The number of hydrogen-bond donors (Lipinski definition) is 1. The molecule has 1 N–H and O–H groups in total. The Kier molecular flexibility index (Phi) is 3.55. The van der Waals surface area contributed by atoms with E-state index < -0.39 is 0 Å². The molecule has 0 unspecified atom stereocenters. The minimum atomic E-state index is -0.195. The molecule has 0 aromatic carbocycles. The summed E-state index contributed by atoms with van der Waals surface area (Å²) in [5.74, 6) is -0.195. The molecule has 1 heterocycles. The largest absolute Gasteiger partial charge is 0.288 e. The highest BCUT2D eigenvalue weighted by atomic mass is 16.2. The van der Waals surface area contributed by atoms with Crippen LogP contribution in [-0.4, -0.2) is 24.0 Å². The maximum atomic E-state index is 10.9. The van der Waals surface area contributed by atoms with Crippen molar-refractivity contribution in [2.24, 2.45) is 0 Å². The lowest BCUT2D eigenvalue weighted by Crippen LogP contribution is -2.44. The molecule has 4 heteroatoms. The van der Waals surface area contributed by atoms with Crippen molar-refractivity contribution in [2.75, 3.05) is 13.1 Å². The topological polar surface area (TPSA) is 56.1 Å². The van der Waals surface area contributed by atoms with Crippen molar-refractivity contribution in [3.63, 3.8) is 0 Å². The summed E-state index contributed by atoms with van der Waals surface area (Å²) in [6.07, 6.45) is 3.46. The predicted molar refractivity (Wildman–Crippen MR) is 43.8 cm³/mol. The highest BCUT2D eigenvalue weighted by Crippen LogP contribution is 2.05. The van der Waals surface area contributed by atoms with Crippen molar-refractivity contribution in [1.29, 1.82) is 5.26 Å². The predicted octanol–water partition coefficient (Wildman–Crippen LogP) is 0.417. The summed E-state index contributed by atoms with van der Waals surface area (Å²) in [5.41, 5.74) is 2.69. The average Bonchev–Trinajstić information content (AvgIpc) is 2.06. The highest BCUT2D eigenvalue weighted by molar-refractivity contribution is 5.77. The van der Waals surface area contributed by atoms with E-state index in [4.69, 9.17) is 5.26 Å². The number of nitriles is 1. The second-order valence-electron chi connectivity index (χ2n) is 2.92. The van der Waals surface area contributed by atoms with Crippen molar-refractivity contribution in [2.45, 2.75) is 25.7 Å². The van der Waals surface area contributed by atoms with Gasteiger partial charge in [0.25, 0.3) is 0 Å². The molecule has 0 bridgehead atoms. The Balaban J connectivity index is 2.21. The molecule has 0 aliphatic carbocycles. The number of carbonyl (C=O) groups is 1. The fraction of sp³-hybridized carbons (Fsp3) is 0.750. The Morgan fingerprint density at radius 3 is 2.67 bits per heavy atom. The van der Waals surface area contributed by atoms with Crippen LogP contribution in [0.2, 0.25) is 0 Å². The Morgan fingerprint density at radius 1 is 1.42 bits per heavy atom. The van der Waals surface area contributed by atoms with E-state index in [1.54, 1.807) is 0 Å². The standard InChI is InChI=1S/C8H13N3O/c9-5-4-8(12)10-11-6-2-1-3-7-11/h1-4,6-7H2,(H,10,12). The third-order valence-electron chi connectivity index (χ3n) is 1.88. The fourth-order valence-corrected chi connectivity index (χ4v) is 1.29. The summed E-state index contributed by atoms with van der Waals surface area (Å²) in [4.78, 5) is 10.9. The lowest BCUT2D eigenvalue weighted by Gasteiger charge is -2.26. The second-order valence-corrected chi connectivity index (χ2v) is 2.92. The Bertz CT molecular complexity index is 191. The molecule has 1 aliphatic heterocycles. The molecule has 12 heavy (non-hydrogen) atoms. The quantitative estimate of drug-likeness (QED) is 0.648. The lowest BCUT2D eigenvalue weighted by atomic mass is 10.2. The molecule has 0 atom stereocenters. The number of nitrogens with zero attached hydrogens (tertiary/aromatic N) is 2. The first-order chi connectivity index (χ1) is 5.83. The van der Waals surface area contributed by atoms with Crippen molar-refractivity contribution < 1.29 is 4.79 Å². The number of amides is 1. The van der Waals surface area contributed by atoms with Crippen molar-refractivity contribution >= 4 is 5.91 Å². The summed E-state index contributed by atoms with van der Waals surface area (Å²) >= 11 is 0. The van der Waals surface area contributed by atoms with Crippen LogP contribution in [0.1, 0.15) is 25.7 Å². The van der Waals surface area contributed by atoms with Gasteiger partial charge in [0.1, 0.15) is 6.42 Å². The number of hydrazine groups is 1. The van der Waals surface area contributed by atoms with Gasteiger partial charge in [0.15, 0.2) is 0 Å². The Hall–Kier alpha value is -1.08. The smallest absolute Gasteiger partial charge is 0.248 e. The number of hydrogen-bond acceptors (Lipinski definition) is 3. The van der Waals surface area contributed by atoms with Gasteiger partial charge in [-0.1, -0.05) is 6.42 Å². The Labute approximate surface area is 72.1 Å². The van der Waals surface area contributed by atoms with Crippen LogP contribution in [0, 0.1) is 11.3 Å². The van der Waals surface area contributed by atoms with Crippen LogP contribution in [0.15, 0.2) is 0 Å². The fourth-order valence-electron chi connectivity index (χ4n) is 1.29. The van der Waals surface area contributed by atoms with Gasteiger partial charge >= 0.3 is 0 Å². The highest BCUT2D eigenvalue weighted by Gasteiger charge is 2.11. The third-order valence-corrected chi connectivity index (χ3v) is 1.88. The average molecular weight is 167 g/mol. The first-order valence-electron chi connectivity index (χ1n) is 4.24. The number of nitrogens with one attached hydrogen (secondary N) is 1. The number of rotatable bonds is 2. The summed E-state index contributed by atoms with van der Waals surface area (Å²) < 4.78 is 0. The van der Waals surface area contributed by atoms with Gasteiger partial charge in [-0.25, -0.2) is 5.01 Å². The molecular formula is C8H13N3O. The Morgan fingerprint density at radius 2 is 2.08 bits per heavy atom. The van der Waals surface area contributed by atoms with E-state index in [1.807, 2.05) is 11.1 Å². The molecule has 0 saturated carbocycles. The SMILES string of the molecule is N#CCC(=O)NN1CCCCC1. The molecule has 1 saturated heterocycles. The maximum absolute atomic E-state index is 10.9. The molecule has 0 spiro atoms. The van der Waals surface area contributed by atoms with Crippen molar-refractivity contribution in [1.82, 2.24) is 10.4 Å². The van der Waals surface area contributed by atoms with Gasteiger partial charge in [-0.05, 0) is 12.8 Å². The van der Waals surface area contributed by atoms with E-state index >= 15 is 0 Å². The molecule has 4 nitrogen and oxygen atoms in total. The molecule has 1 amide bonds. The molecule has 0 aromatic rings. The first-order valence-corrected chi connectivity index (χ1v) is 4.24. The second kappa shape index (κ2) is 4.73. The van der Waals surface area contributed by atoms with Crippen LogP contribution in [0.3, 0.4) is 0 Å². The molecule has 0 aromatic heterocycles. The third kappa shape index (κ3) is 2.89. The minimum Gasteiger partial charge on any atom is -0.288 e. The van der Waals surface area contributed by atoms with Gasteiger partial charge in [0, 0.05) is 13.1 Å². The lowest BCUT2D eigenvalue weighted by molar-refractivity contribution is -0.125. The van der Waals surface area contributed by atoms with E-state index in [0.29, 0.717) is 0 Å². The van der Waals surface area contributed by atoms with E-state index in [0.717, 1.165) is 25.9 Å². The summed E-state index contributed by atoms with van der Waals surface area (Å²) in [6.45, 7) is 1.83. The van der Waals surface area contributed by atoms with Crippen LogP contribution < -0.4 is 5.43 Å². The van der Waals surface area contributed by atoms with Crippen LogP contribution >= 0.6 is 0 Å². The van der Waals surface area contributed by atoms with Gasteiger partial charge in [0.2, 0.25) is 5.91 Å². The van der Waals surface area contributed by atoms with Crippen LogP contribution in [0.5, 0.6) is 0 Å². The van der Waals surface area contributed by atoms with Gasteiger partial charge < -0.3 is 0 Å². The van der Waals surface area contributed by atoms with Gasteiger partial charge in [-0.2, -0.15) is 5.26 Å². The summed E-state index contributed by atoms with van der Waals surface area (Å²) in [7, 11) is 0. The zero-order chi connectivity index (χ0) is 8.81. The minimum absolute atomic E-state index is 0.0451. The van der Waals surface area contributed by atoms with Crippen LogP contribution in [-0.2, 0) is 4.79 Å². The normalized spacial score (nSPS) is 18.2. The molecule has 1 rings (SSSR count). The van der Waals surface area contributed by atoms with Gasteiger partial charge in [0.05, 0.1) is 6.07 Å². The van der Waals surface area contributed by atoms with E-state index in [2.05, 4.69) is 5.43 Å². The molecule has 1 aliphatic rings. The van der Waals surface area contributed by atoms with E-state index in [1.165, 1.54) is 6.42 Å². The molecule has 66 valence electrons. The maximum Gasteiger partial charge on any atom is 0.248 e. The van der Waals surface area contributed by atoms with Crippen molar-refractivity contribution in [3.8, 4) is 6.07 Å². The van der Waals surface area contributed by atoms with Crippen molar-refractivity contribution in [3.05, 3.63) is 0 Å². The van der Waals surface area contributed by atoms with Gasteiger partial charge in [-0.3, -0.25) is 10.2 Å². The van der Waals surface area contributed by atoms with Gasteiger partial charge in [-0.15, -0.1) is 0 Å². The van der Waals surface area contributed by atoms with Crippen LogP contribution in [0.4, 0.5) is 0 Å². The van der Waals surface area contributed by atoms with Crippen LogP contribution in [0.25, 0.3) is 0 Å². The zero-order valence-electron chi connectivity index (χ0n) is 7.05. The zero-order valence-corrected chi connectivity index (χ0v) is 7.05. The molecule has 0 radical (unpaired) electrons. The summed E-state index contributed by atoms with van der Waals surface area (Å²) in [6, 6.07) is 1.82. The van der Waals surface area contributed by atoms with E-state index in [-0.39, 0.29) is 12.3 Å². The number of piperidine rings is 1.